The van der Waals surface area contributed by atoms with E-state index in [2.05, 4.69) is 19.2 Å². The Kier molecular flexibility index (Phi) is 14.1. The fraction of sp³-hybridized carbons (Fsp3) is 0.765. The minimum atomic E-state index is -2.29. The van der Waals surface area contributed by atoms with Crippen LogP contribution in [0, 0.1) is 11.8 Å². The average Bonchev–Trinajstić information content (AvgIpc) is 3.02. The van der Waals surface area contributed by atoms with E-state index in [1.54, 1.807) is 21.1 Å². The van der Waals surface area contributed by atoms with Crippen molar-refractivity contribution >= 4 is 11.7 Å². The summed E-state index contributed by atoms with van der Waals surface area (Å²) in [5, 5.41) is 21.7. The molecule has 10 nitrogen and oxygen atoms in total. The number of carbonyl (C=O) groups is 2. The molecule has 10 heteroatoms. The van der Waals surface area contributed by atoms with Crippen LogP contribution < -0.4 is 0 Å². The van der Waals surface area contributed by atoms with Crippen LogP contribution in [0.1, 0.15) is 78.1 Å². The summed E-state index contributed by atoms with van der Waals surface area (Å²) in [5.74, 6) is -4.07. The number of hydrogen-bond donors (Lipinski definition) is 2. The number of aliphatic hydroxyl groups is 2. The topological polar surface area (TPSA) is 124 Å². The molecule has 5 unspecified atom stereocenters. The number of Topliss-reactive ketones (excluding diaryl/α,β-unsaturated/α-hetero) is 1. The molecule has 0 aromatic rings. The second kappa shape index (κ2) is 17.0. The van der Waals surface area contributed by atoms with Crippen molar-refractivity contribution in [3.05, 3.63) is 36.6 Å². The van der Waals surface area contributed by atoms with E-state index >= 15 is 0 Å². The Hall–Kier alpha value is -2.08. The molecule has 0 aromatic heterocycles. The number of unbranched alkanes of at least 4 members (excludes halogenated alkanes) is 1. The molecule has 250 valence electrons. The molecular formula is C34H55NO9. The van der Waals surface area contributed by atoms with Crippen LogP contribution in [0.5, 0.6) is 0 Å². The number of amides is 1. The summed E-state index contributed by atoms with van der Waals surface area (Å²) in [5.41, 5.74) is 1.06. The standard InChI is InChI=1S/C34H55NO9/c1-8-9-10-14-28(22(2)18-25-15-16-27(36)29(20-25)41-6)43-24(4)26-13-11-12-17-35(26)33(38)32(37)34(39)23(3)19-30(42-7)31(44-34)21-40-5/h8,18,23,25-31,36,39H,1,4,9-17,19-21H2,2-3,5-7H3/b22-18+/t23-,25+,26+,27?,28?,29?,30?,31-,34?/m1/s1. The summed E-state index contributed by atoms with van der Waals surface area (Å²) in [7, 11) is 4.68. The molecule has 2 aliphatic heterocycles. The van der Waals surface area contributed by atoms with Crippen molar-refractivity contribution in [3.63, 3.8) is 0 Å². The first kappa shape index (κ1) is 36.4. The summed E-state index contributed by atoms with van der Waals surface area (Å²) in [6.07, 6.45) is 9.38. The quantitative estimate of drug-likeness (QED) is 0.120. The Morgan fingerprint density at radius 1 is 1.11 bits per heavy atom. The number of rotatable bonds is 15. The van der Waals surface area contributed by atoms with Crippen LogP contribution in [0.4, 0.5) is 0 Å². The molecule has 1 amide bonds. The number of nitrogens with zero attached hydrogens (tertiary/aromatic N) is 1. The summed E-state index contributed by atoms with van der Waals surface area (Å²) in [6.45, 7) is 12.3. The van der Waals surface area contributed by atoms with Crippen LogP contribution in [0.15, 0.2) is 36.6 Å². The van der Waals surface area contributed by atoms with Crippen molar-refractivity contribution in [2.75, 3.05) is 34.5 Å². The maximum Gasteiger partial charge on any atom is 0.296 e. The number of allylic oxidation sites excluding steroid dienone is 2. The largest absolute Gasteiger partial charge is 0.489 e. The molecule has 2 N–H and O–H groups in total. The molecule has 3 aliphatic rings. The lowest BCUT2D eigenvalue weighted by Crippen LogP contribution is -2.62. The van der Waals surface area contributed by atoms with Crippen molar-refractivity contribution in [2.45, 2.75) is 120 Å². The van der Waals surface area contributed by atoms with Gasteiger partial charge in [-0.05, 0) is 82.6 Å². The highest BCUT2D eigenvalue weighted by Crippen LogP contribution is 2.36. The van der Waals surface area contributed by atoms with Gasteiger partial charge in [-0.25, -0.2) is 0 Å². The van der Waals surface area contributed by atoms with Gasteiger partial charge in [0.25, 0.3) is 11.7 Å². The van der Waals surface area contributed by atoms with E-state index in [9.17, 15) is 19.8 Å². The molecule has 9 atom stereocenters. The van der Waals surface area contributed by atoms with Crippen LogP contribution in [0.25, 0.3) is 0 Å². The first-order chi connectivity index (χ1) is 21.0. The second-order valence-electron chi connectivity index (χ2n) is 12.7. The fourth-order valence-corrected chi connectivity index (χ4v) is 6.82. The van der Waals surface area contributed by atoms with E-state index in [0.717, 1.165) is 50.5 Å². The van der Waals surface area contributed by atoms with E-state index in [0.29, 0.717) is 31.6 Å². The van der Waals surface area contributed by atoms with Crippen LogP contribution in [0.2, 0.25) is 0 Å². The predicted molar refractivity (Wildman–Crippen MR) is 167 cm³/mol. The SMILES string of the molecule is C=CCCCC(OC(=C)[C@@H]1CCCCN1C(=O)C(=O)C1(O)O[C@H](COC)C(OC)C[C@H]1C)/C(C)=C/[C@@H]1CCC(O)C(OC)C1. The Morgan fingerprint density at radius 3 is 2.50 bits per heavy atom. The van der Waals surface area contributed by atoms with Crippen molar-refractivity contribution in [1.29, 1.82) is 0 Å². The molecular weight excluding hydrogens is 566 g/mol. The number of piperidine rings is 1. The zero-order chi connectivity index (χ0) is 32.4. The number of hydrogen-bond acceptors (Lipinski definition) is 9. The van der Waals surface area contributed by atoms with Gasteiger partial charge in [-0.3, -0.25) is 9.59 Å². The van der Waals surface area contributed by atoms with Gasteiger partial charge in [-0.15, -0.1) is 6.58 Å². The van der Waals surface area contributed by atoms with Gasteiger partial charge < -0.3 is 38.8 Å². The highest BCUT2D eigenvalue weighted by Gasteiger charge is 2.54. The highest BCUT2D eigenvalue weighted by atomic mass is 16.7. The van der Waals surface area contributed by atoms with Gasteiger partial charge in [0.2, 0.25) is 5.79 Å². The number of ketones is 1. The summed E-state index contributed by atoms with van der Waals surface area (Å²) < 4.78 is 28.6. The Labute approximate surface area is 263 Å². The van der Waals surface area contributed by atoms with E-state index < -0.39 is 41.6 Å². The van der Waals surface area contributed by atoms with E-state index in [4.69, 9.17) is 23.7 Å². The minimum absolute atomic E-state index is 0.111. The Morgan fingerprint density at radius 2 is 1.84 bits per heavy atom. The van der Waals surface area contributed by atoms with Gasteiger partial charge in [-0.2, -0.15) is 0 Å². The average molecular weight is 622 g/mol. The van der Waals surface area contributed by atoms with Crippen molar-refractivity contribution in [1.82, 2.24) is 4.90 Å². The number of likely N-dealkylation sites (tertiary alicyclic amines) is 1. The first-order valence-corrected chi connectivity index (χ1v) is 16.1. The first-order valence-electron chi connectivity index (χ1n) is 16.1. The van der Waals surface area contributed by atoms with Gasteiger partial charge in [0, 0.05) is 33.8 Å². The van der Waals surface area contributed by atoms with Gasteiger partial charge in [0.15, 0.2) is 0 Å². The number of aliphatic hydroxyl groups excluding tert-OH is 1. The number of ether oxygens (including phenoxy) is 5. The van der Waals surface area contributed by atoms with E-state index in [-0.39, 0.29) is 30.8 Å². The smallest absolute Gasteiger partial charge is 0.296 e. The minimum Gasteiger partial charge on any atom is -0.489 e. The van der Waals surface area contributed by atoms with Gasteiger partial charge in [-0.1, -0.05) is 25.7 Å². The number of methoxy groups -OCH3 is 3. The van der Waals surface area contributed by atoms with Crippen LogP contribution in [-0.4, -0.2) is 104 Å². The summed E-state index contributed by atoms with van der Waals surface area (Å²) >= 11 is 0. The molecule has 3 rings (SSSR count). The van der Waals surface area contributed by atoms with E-state index in [1.165, 1.54) is 12.0 Å². The molecule has 2 saturated heterocycles. The summed E-state index contributed by atoms with van der Waals surface area (Å²) in [6, 6.07) is -0.512. The molecule has 44 heavy (non-hydrogen) atoms. The molecule has 3 fully saturated rings. The molecule has 2 heterocycles. The van der Waals surface area contributed by atoms with Gasteiger partial charge in [0.05, 0.1) is 31.0 Å². The maximum absolute atomic E-state index is 13.8. The third-order valence-electron chi connectivity index (χ3n) is 9.56. The second-order valence-corrected chi connectivity index (χ2v) is 12.7. The lowest BCUT2D eigenvalue weighted by Gasteiger charge is -2.45. The number of carbonyl (C=O) groups excluding carboxylic acids is 2. The summed E-state index contributed by atoms with van der Waals surface area (Å²) in [4.78, 5) is 28.9. The zero-order valence-electron chi connectivity index (χ0n) is 27.4. The fourth-order valence-electron chi connectivity index (χ4n) is 6.82. The van der Waals surface area contributed by atoms with Crippen molar-refractivity contribution in [2.24, 2.45) is 11.8 Å². The highest BCUT2D eigenvalue weighted by molar-refractivity contribution is 6.38. The van der Waals surface area contributed by atoms with Gasteiger partial charge in [0.1, 0.15) is 18.0 Å². The van der Waals surface area contributed by atoms with E-state index in [1.807, 2.05) is 13.0 Å². The van der Waals surface area contributed by atoms with Crippen LogP contribution >= 0.6 is 0 Å². The lowest BCUT2D eigenvalue weighted by atomic mass is 9.83. The lowest BCUT2D eigenvalue weighted by molar-refractivity contribution is -0.291. The zero-order valence-corrected chi connectivity index (χ0v) is 27.4. The monoisotopic (exact) mass is 621 g/mol. The molecule has 0 bridgehead atoms. The Bertz CT molecular complexity index is 1010. The van der Waals surface area contributed by atoms with Gasteiger partial charge >= 0.3 is 0 Å². The normalized spacial score (nSPS) is 33.8. The van der Waals surface area contributed by atoms with Crippen LogP contribution in [-0.2, 0) is 33.3 Å². The maximum atomic E-state index is 13.8. The molecule has 1 saturated carbocycles. The Balaban J connectivity index is 1.77. The van der Waals surface area contributed by atoms with Crippen molar-refractivity contribution in [3.8, 4) is 0 Å². The molecule has 0 aromatic carbocycles. The molecule has 0 radical (unpaired) electrons. The molecule has 0 spiro atoms. The predicted octanol–water partition coefficient (Wildman–Crippen LogP) is 4.09. The third-order valence-corrected chi connectivity index (χ3v) is 9.56. The third kappa shape index (κ3) is 8.79. The van der Waals surface area contributed by atoms with Crippen molar-refractivity contribution < 1.29 is 43.5 Å². The molecule has 1 aliphatic carbocycles. The van der Waals surface area contributed by atoms with Crippen LogP contribution in [0.3, 0.4) is 0 Å².